The predicted molar refractivity (Wildman–Crippen MR) is 81.7 cm³/mol. The number of phenols is 1. The zero-order chi connectivity index (χ0) is 14.5. The number of phenolic OH excluding ortho intramolecular Hbond substituents is 1. The van der Waals surface area contributed by atoms with Gasteiger partial charge in [0.05, 0.1) is 22.7 Å². The van der Waals surface area contributed by atoms with E-state index < -0.39 is 0 Å². The van der Waals surface area contributed by atoms with Crippen molar-refractivity contribution < 1.29 is 14.6 Å². The molecule has 104 valence electrons. The van der Waals surface area contributed by atoms with Crippen molar-refractivity contribution in [1.29, 1.82) is 0 Å². The number of thiophene rings is 1. The quantitative estimate of drug-likeness (QED) is 0.654. The molecule has 2 aromatic rings. The Morgan fingerprint density at radius 3 is 3.00 bits per heavy atom. The molecule has 20 heavy (non-hydrogen) atoms. The fourth-order valence-electron chi connectivity index (χ4n) is 1.45. The molecule has 2 N–H and O–H groups in total. The summed E-state index contributed by atoms with van der Waals surface area (Å²) in [6.45, 7) is 0. The summed E-state index contributed by atoms with van der Waals surface area (Å²) in [7, 11) is 1.46. The normalized spacial score (nSPS) is 10.7. The zero-order valence-electron chi connectivity index (χ0n) is 10.5. The first-order valence-corrected chi connectivity index (χ1v) is 7.22. The van der Waals surface area contributed by atoms with Gasteiger partial charge in [-0.2, -0.15) is 5.10 Å². The average Bonchev–Trinajstić information content (AvgIpc) is 2.96. The molecule has 0 saturated carbocycles. The van der Waals surface area contributed by atoms with Gasteiger partial charge in [0.2, 0.25) is 0 Å². The van der Waals surface area contributed by atoms with Gasteiger partial charge in [-0.15, -0.1) is 11.3 Å². The number of hydrogen-bond acceptors (Lipinski definition) is 5. The molecule has 0 fully saturated rings. The number of methoxy groups -OCH3 is 1. The molecule has 0 aliphatic heterocycles. The minimum Gasteiger partial charge on any atom is -0.503 e. The number of nitrogens with zero attached hydrogens (tertiary/aromatic N) is 1. The number of rotatable bonds is 4. The number of carbonyl (C=O) groups is 1. The van der Waals surface area contributed by atoms with Gasteiger partial charge in [-0.25, -0.2) is 5.43 Å². The second-order valence-corrected chi connectivity index (χ2v) is 5.53. The number of halogens is 1. The van der Waals surface area contributed by atoms with Gasteiger partial charge in [0.15, 0.2) is 11.5 Å². The lowest BCUT2D eigenvalue weighted by Gasteiger charge is -2.06. The van der Waals surface area contributed by atoms with E-state index in [4.69, 9.17) is 4.74 Å². The molecule has 0 spiro atoms. The van der Waals surface area contributed by atoms with E-state index in [0.29, 0.717) is 20.7 Å². The van der Waals surface area contributed by atoms with Crippen molar-refractivity contribution in [2.24, 2.45) is 5.10 Å². The van der Waals surface area contributed by atoms with Crippen LogP contribution in [0, 0.1) is 0 Å². The van der Waals surface area contributed by atoms with Crippen LogP contribution in [0.2, 0.25) is 0 Å². The Hall–Kier alpha value is -1.86. The van der Waals surface area contributed by atoms with Gasteiger partial charge in [0.1, 0.15) is 0 Å². The Morgan fingerprint density at radius 1 is 1.55 bits per heavy atom. The van der Waals surface area contributed by atoms with Crippen LogP contribution in [0.15, 0.2) is 39.2 Å². The summed E-state index contributed by atoms with van der Waals surface area (Å²) < 4.78 is 5.51. The van der Waals surface area contributed by atoms with Gasteiger partial charge in [-0.05, 0) is 45.1 Å². The summed E-state index contributed by atoms with van der Waals surface area (Å²) in [4.78, 5) is 12.2. The van der Waals surface area contributed by atoms with E-state index in [1.165, 1.54) is 24.7 Å². The first-order chi connectivity index (χ1) is 9.61. The second-order valence-electron chi connectivity index (χ2n) is 3.73. The third-order valence-electron chi connectivity index (χ3n) is 2.40. The van der Waals surface area contributed by atoms with E-state index in [1.54, 1.807) is 24.3 Å². The molecule has 1 aromatic carbocycles. The fourth-order valence-corrected chi connectivity index (χ4v) is 2.53. The molecule has 0 aliphatic rings. The third kappa shape index (κ3) is 3.37. The molecule has 2 rings (SSSR count). The molecule has 7 heteroatoms. The Kier molecular flexibility index (Phi) is 4.75. The number of hydrazone groups is 1. The van der Waals surface area contributed by atoms with Gasteiger partial charge in [-0.3, -0.25) is 4.79 Å². The topological polar surface area (TPSA) is 70.9 Å². The lowest BCUT2D eigenvalue weighted by molar-refractivity contribution is 0.0959. The van der Waals surface area contributed by atoms with Crippen LogP contribution in [-0.2, 0) is 0 Å². The molecule has 1 amide bonds. The zero-order valence-corrected chi connectivity index (χ0v) is 12.9. The molecule has 0 atom stereocenters. The Labute approximate surface area is 128 Å². The molecule has 0 saturated heterocycles. The van der Waals surface area contributed by atoms with E-state index in [-0.39, 0.29) is 11.7 Å². The lowest BCUT2D eigenvalue weighted by atomic mass is 10.2. The third-order valence-corrected chi connectivity index (χ3v) is 3.87. The summed E-state index contributed by atoms with van der Waals surface area (Å²) in [6, 6.07) is 6.79. The van der Waals surface area contributed by atoms with Gasteiger partial charge in [0, 0.05) is 0 Å². The highest BCUT2D eigenvalue weighted by Crippen LogP contribution is 2.34. The number of hydrogen-bond donors (Lipinski definition) is 2. The molecule has 0 aliphatic carbocycles. The van der Waals surface area contributed by atoms with Crippen LogP contribution < -0.4 is 10.2 Å². The summed E-state index contributed by atoms with van der Waals surface area (Å²) in [5.41, 5.74) is 3.11. The highest BCUT2D eigenvalue weighted by Gasteiger charge is 2.08. The van der Waals surface area contributed by atoms with Crippen molar-refractivity contribution in [3.8, 4) is 11.5 Å². The number of benzene rings is 1. The van der Waals surface area contributed by atoms with E-state index in [0.717, 1.165) is 0 Å². The van der Waals surface area contributed by atoms with Crippen molar-refractivity contribution >= 4 is 39.4 Å². The molecule has 0 radical (unpaired) electrons. The maximum absolute atomic E-state index is 11.7. The van der Waals surface area contributed by atoms with Crippen LogP contribution in [0.4, 0.5) is 0 Å². The molecular formula is C13H11BrN2O3S. The monoisotopic (exact) mass is 354 g/mol. The fraction of sp³-hybridized carbons (Fsp3) is 0.0769. The summed E-state index contributed by atoms with van der Waals surface area (Å²) in [5, 5.41) is 15.4. The van der Waals surface area contributed by atoms with E-state index in [1.807, 2.05) is 5.38 Å². The molecule has 0 bridgehead atoms. The largest absolute Gasteiger partial charge is 0.503 e. The molecule has 5 nitrogen and oxygen atoms in total. The minimum atomic E-state index is -0.263. The van der Waals surface area contributed by atoms with Crippen LogP contribution >= 0.6 is 27.3 Å². The highest BCUT2D eigenvalue weighted by atomic mass is 79.9. The average molecular weight is 355 g/mol. The van der Waals surface area contributed by atoms with Crippen molar-refractivity contribution in [3.63, 3.8) is 0 Å². The van der Waals surface area contributed by atoms with Gasteiger partial charge < -0.3 is 9.84 Å². The number of ether oxygens (including phenoxy) is 1. The maximum Gasteiger partial charge on any atom is 0.281 e. The second kappa shape index (κ2) is 6.53. The lowest BCUT2D eigenvalue weighted by Crippen LogP contribution is -2.16. The van der Waals surface area contributed by atoms with Crippen molar-refractivity contribution in [3.05, 3.63) is 44.6 Å². The Bertz CT molecular complexity index is 641. The molecule has 1 heterocycles. The van der Waals surface area contributed by atoms with E-state index >= 15 is 0 Å². The first kappa shape index (κ1) is 14.5. The molecule has 0 unspecified atom stereocenters. The number of carbonyl (C=O) groups excluding carboxylic acids is 1. The number of aromatic hydroxyl groups is 1. The van der Waals surface area contributed by atoms with E-state index in [9.17, 15) is 9.90 Å². The van der Waals surface area contributed by atoms with Crippen molar-refractivity contribution in [2.45, 2.75) is 0 Å². The summed E-state index contributed by atoms with van der Waals surface area (Å²) >= 11 is 4.55. The van der Waals surface area contributed by atoms with Crippen molar-refractivity contribution in [2.75, 3.05) is 7.11 Å². The Morgan fingerprint density at radius 2 is 2.35 bits per heavy atom. The number of amides is 1. The van der Waals surface area contributed by atoms with E-state index in [2.05, 4.69) is 26.5 Å². The van der Waals surface area contributed by atoms with Gasteiger partial charge >= 0.3 is 0 Å². The Balaban J connectivity index is 2.08. The standard InChI is InChI=1S/C13H11BrN2O3S/c1-19-10-6-8(5-9(14)12(10)17)7-15-16-13(18)11-3-2-4-20-11/h2-7,17H,1H3,(H,16,18)/b15-7-. The smallest absolute Gasteiger partial charge is 0.281 e. The predicted octanol–water partition coefficient (Wildman–Crippen LogP) is 2.99. The summed E-state index contributed by atoms with van der Waals surface area (Å²) in [5.74, 6) is 0.0822. The van der Waals surface area contributed by atoms with Gasteiger partial charge in [0.25, 0.3) is 5.91 Å². The van der Waals surface area contributed by atoms with Crippen LogP contribution in [0.5, 0.6) is 11.5 Å². The number of nitrogens with one attached hydrogen (secondary N) is 1. The van der Waals surface area contributed by atoms with Crippen LogP contribution in [0.1, 0.15) is 15.2 Å². The van der Waals surface area contributed by atoms with Crippen LogP contribution in [-0.4, -0.2) is 24.3 Å². The SMILES string of the molecule is COc1cc(/C=N\NC(=O)c2cccs2)cc(Br)c1O. The first-order valence-electron chi connectivity index (χ1n) is 5.55. The van der Waals surface area contributed by atoms with Gasteiger partial charge in [-0.1, -0.05) is 6.07 Å². The summed E-state index contributed by atoms with van der Waals surface area (Å²) in [6.07, 6.45) is 1.47. The highest BCUT2D eigenvalue weighted by molar-refractivity contribution is 9.10. The van der Waals surface area contributed by atoms with Crippen molar-refractivity contribution in [1.82, 2.24) is 5.43 Å². The van der Waals surface area contributed by atoms with Crippen LogP contribution in [0.3, 0.4) is 0 Å². The minimum absolute atomic E-state index is 0.0206. The molecule has 1 aromatic heterocycles. The maximum atomic E-state index is 11.7. The molecular weight excluding hydrogens is 344 g/mol. The van der Waals surface area contributed by atoms with Crippen LogP contribution in [0.25, 0.3) is 0 Å².